The maximum absolute atomic E-state index is 12.7. The van der Waals surface area contributed by atoms with E-state index in [1.165, 1.54) is 18.1 Å². The minimum absolute atomic E-state index is 0.408. The fraction of sp³-hybridized carbons (Fsp3) is 0.417. The molecule has 2 unspecified atom stereocenters. The molecule has 1 saturated heterocycles. The number of rotatable bonds is 1. The lowest BCUT2D eigenvalue weighted by atomic mass is 9.79. The molecule has 2 aliphatic rings. The largest absolute Gasteiger partial charge is 0.310 e. The highest BCUT2D eigenvalue weighted by Gasteiger charge is 2.31. The first kappa shape index (κ1) is 9.04. The molecular formula is C12H13FN2. The first-order chi connectivity index (χ1) is 7.33. The van der Waals surface area contributed by atoms with Crippen molar-refractivity contribution in [3.8, 4) is 0 Å². The standard InChI is InChI=1S/C12H13FN2/c13-12-4-3-9(6-15-12)8-1-2-10-7-14-11(10)5-8/h3-6,10-11,14H,1-2,7H2. The van der Waals surface area contributed by atoms with Gasteiger partial charge >= 0.3 is 0 Å². The van der Waals surface area contributed by atoms with Gasteiger partial charge in [-0.25, -0.2) is 4.98 Å². The maximum Gasteiger partial charge on any atom is 0.212 e. The molecule has 1 aromatic heterocycles. The molecule has 1 aromatic rings. The lowest BCUT2D eigenvalue weighted by molar-refractivity contribution is 0.256. The van der Waals surface area contributed by atoms with Crippen molar-refractivity contribution in [2.24, 2.45) is 5.92 Å². The number of halogens is 1. The van der Waals surface area contributed by atoms with Gasteiger partial charge in [0.05, 0.1) is 0 Å². The van der Waals surface area contributed by atoms with Crippen molar-refractivity contribution in [3.63, 3.8) is 0 Å². The van der Waals surface area contributed by atoms with Crippen molar-refractivity contribution in [2.75, 3.05) is 6.54 Å². The summed E-state index contributed by atoms with van der Waals surface area (Å²) in [6.45, 7) is 1.15. The number of hydrogen-bond donors (Lipinski definition) is 1. The lowest BCUT2D eigenvalue weighted by Crippen LogP contribution is -2.52. The number of nitrogens with one attached hydrogen (secondary N) is 1. The second-order valence-electron chi connectivity index (χ2n) is 4.29. The second-order valence-corrected chi connectivity index (χ2v) is 4.29. The molecule has 1 aliphatic heterocycles. The van der Waals surface area contributed by atoms with E-state index in [9.17, 15) is 4.39 Å². The van der Waals surface area contributed by atoms with Crippen molar-refractivity contribution in [1.29, 1.82) is 0 Å². The number of aromatic nitrogens is 1. The van der Waals surface area contributed by atoms with E-state index in [2.05, 4.69) is 16.4 Å². The number of allylic oxidation sites excluding steroid dienone is 1. The molecule has 2 heterocycles. The number of hydrogen-bond acceptors (Lipinski definition) is 2. The summed E-state index contributed by atoms with van der Waals surface area (Å²) < 4.78 is 12.7. The van der Waals surface area contributed by atoms with Crippen LogP contribution in [0.4, 0.5) is 4.39 Å². The van der Waals surface area contributed by atoms with Crippen LogP contribution < -0.4 is 5.32 Å². The molecule has 3 heteroatoms. The van der Waals surface area contributed by atoms with Gasteiger partial charge in [0.1, 0.15) is 0 Å². The maximum atomic E-state index is 12.7. The molecule has 0 amide bonds. The van der Waals surface area contributed by atoms with Gasteiger partial charge in [0.2, 0.25) is 5.95 Å². The Morgan fingerprint density at radius 2 is 2.33 bits per heavy atom. The summed E-state index contributed by atoms with van der Waals surface area (Å²) >= 11 is 0. The van der Waals surface area contributed by atoms with E-state index in [-0.39, 0.29) is 0 Å². The van der Waals surface area contributed by atoms with E-state index in [4.69, 9.17) is 0 Å². The molecule has 1 N–H and O–H groups in total. The van der Waals surface area contributed by atoms with Gasteiger partial charge in [-0.1, -0.05) is 6.08 Å². The van der Waals surface area contributed by atoms with E-state index in [0.717, 1.165) is 24.4 Å². The summed E-state index contributed by atoms with van der Waals surface area (Å²) in [5.74, 6) is 0.414. The van der Waals surface area contributed by atoms with Crippen molar-refractivity contribution in [2.45, 2.75) is 18.9 Å². The lowest BCUT2D eigenvalue weighted by Gasteiger charge is -2.40. The van der Waals surface area contributed by atoms with Crippen LogP contribution in [0.1, 0.15) is 18.4 Å². The summed E-state index contributed by atoms with van der Waals surface area (Å²) in [5.41, 5.74) is 2.36. The summed E-state index contributed by atoms with van der Waals surface area (Å²) in [7, 11) is 0. The van der Waals surface area contributed by atoms with Gasteiger partial charge in [-0.3, -0.25) is 0 Å². The van der Waals surface area contributed by atoms with Crippen LogP contribution in [-0.4, -0.2) is 17.6 Å². The Morgan fingerprint density at radius 3 is 2.93 bits per heavy atom. The predicted octanol–water partition coefficient (Wildman–Crippen LogP) is 1.99. The van der Waals surface area contributed by atoms with E-state index in [1.54, 1.807) is 6.20 Å². The third-order valence-corrected chi connectivity index (χ3v) is 3.39. The highest BCUT2D eigenvalue weighted by atomic mass is 19.1. The minimum Gasteiger partial charge on any atom is -0.310 e. The van der Waals surface area contributed by atoms with Crippen molar-refractivity contribution in [3.05, 3.63) is 35.9 Å². The summed E-state index contributed by atoms with van der Waals surface area (Å²) in [4.78, 5) is 3.69. The van der Waals surface area contributed by atoms with Crippen LogP contribution in [0.3, 0.4) is 0 Å². The second kappa shape index (κ2) is 3.42. The van der Waals surface area contributed by atoms with Gasteiger partial charge in [0.15, 0.2) is 0 Å². The van der Waals surface area contributed by atoms with Crippen LogP contribution in [0.2, 0.25) is 0 Å². The smallest absolute Gasteiger partial charge is 0.212 e. The van der Waals surface area contributed by atoms with Gasteiger partial charge in [-0.05, 0) is 42.0 Å². The van der Waals surface area contributed by atoms with Crippen molar-refractivity contribution in [1.82, 2.24) is 10.3 Å². The number of nitrogens with zero attached hydrogens (tertiary/aromatic N) is 1. The van der Waals surface area contributed by atoms with Crippen molar-refractivity contribution >= 4 is 5.57 Å². The molecule has 1 aliphatic carbocycles. The molecule has 0 saturated carbocycles. The average Bonchev–Trinajstić information content (AvgIpc) is 2.22. The fourth-order valence-corrected chi connectivity index (χ4v) is 2.34. The highest BCUT2D eigenvalue weighted by Crippen LogP contribution is 2.33. The molecule has 15 heavy (non-hydrogen) atoms. The topological polar surface area (TPSA) is 24.9 Å². The van der Waals surface area contributed by atoms with Crippen LogP contribution in [0.15, 0.2) is 24.4 Å². The first-order valence-corrected chi connectivity index (χ1v) is 5.39. The fourth-order valence-electron chi connectivity index (χ4n) is 2.34. The summed E-state index contributed by atoms with van der Waals surface area (Å²) in [6.07, 6.45) is 6.23. The van der Waals surface area contributed by atoms with Crippen LogP contribution in [-0.2, 0) is 0 Å². The van der Waals surface area contributed by atoms with Crippen LogP contribution in [0.5, 0.6) is 0 Å². The van der Waals surface area contributed by atoms with E-state index in [0.29, 0.717) is 6.04 Å². The summed E-state index contributed by atoms with van der Waals surface area (Å²) in [5, 5.41) is 3.39. The van der Waals surface area contributed by atoms with Gasteiger partial charge < -0.3 is 5.32 Å². The van der Waals surface area contributed by atoms with Crippen molar-refractivity contribution < 1.29 is 4.39 Å². The molecule has 0 spiro atoms. The SMILES string of the molecule is Fc1ccc(C2=CC3NCC3CC2)cn1. The Kier molecular flexibility index (Phi) is 2.06. The number of pyridine rings is 1. The zero-order valence-electron chi connectivity index (χ0n) is 8.41. The Labute approximate surface area is 88.2 Å². The molecule has 3 rings (SSSR count). The normalized spacial score (nSPS) is 29.0. The molecule has 0 bridgehead atoms. The van der Waals surface area contributed by atoms with Gasteiger partial charge in [0.25, 0.3) is 0 Å². The third kappa shape index (κ3) is 1.57. The molecule has 0 aromatic carbocycles. The monoisotopic (exact) mass is 204 g/mol. The Hall–Kier alpha value is -1.22. The zero-order valence-corrected chi connectivity index (χ0v) is 8.41. The molecule has 1 fully saturated rings. The minimum atomic E-state index is -0.408. The Bertz CT molecular complexity index is 397. The molecule has 78 valence electrons. The molecule has 2 atom stereocenters. The average molecular weight is 204 g/mol. The number of fused-ring (bicyclic) bond motifs is 1. The van der Waals surface area contributed by atoms with E-state index < -0.39 is 5.95 Å². The highest BCUT2D eigenvalue weighted by molar-refractivity contribution is 5.66. The zero-order chi connectivity index (χ0) is 10.3. The quantitative estimate of drug-likeness (QED) is 0.707. The molecular weight excluding hydrogens is 191 g/mol. The molecule has 0 radical (unpaired) electrons. The van der Waals surface area contributed by atoms with Gasteiger partial charge in [0, 0.05) is 18.8 Å². The van der Waals surface area contributed by atoms with E-state index >= 15 is 0 Å². The van der Waals surface area contributed by atoms with E-state index in [1.807, 2.05) is 6.07 Å². The van der Waals surface area contributed by atoms with Crippen LogP contribution in [0.25, 0.3) is 5.57 Å². The first-order valence-electron chi connectivity index (χ1n) is 5.39. The van der Waals surface area contributed by atoms with Crippen LogP contribution in [0, 0.1) is 11.9 Å². The Morgan fingerprint density at radius 1 is 1.40 bits per heavy atom. The predicted molar refractivity (Wildman–Crippen MR) is 56.7 cm³/mol. The molecule has 2 nitrogen and oxygen atoms in total. The van der Waals surface area contributed by atoms with Gasteiger partial charge in [-0.15, -0.1) is 0 Å². The summed E-state index contributed by atoms with van der Waals surface area (Å²) in [6, 6.07) is 3.78. The third-order valence-electron chi connectivity index (χ3n) is 3.39. The Balaban J connectivity index is 1.87. The van der Waals surface area contributed by atoms with Gasteiger partial charge in [-0.2, -0.15) is 4.39 Å². The van der Waals surface area contributed by atoms with Crippen LogP contribution >= 0.6 is 0 Å².